The Morgan fingerprint density at radius 3 is 2.61 bits per heavy atom. The topological polar surface area (TPSA) is 58.9 Å². The van der Waals surface area contributed by atoms with Gasteiger partial charge in [-0.25, -0.2) is 0 Å². The first-order chi connectivity index (χ1) is 16.0. The Bertz CT molecular complexity index is 1260. The van der Waals surface area contributed by atoms with E-state index in [0.29, 0.717) is 29.2 Å². The van der Waals surface area contributed by atoms with Crippen LogP contribution >= 0.6 is 0 Å². The molecule has 0 saturated heterocycles. The molecule has 2 unspecified atom stereocenters. The first kappa shape index (κ1) is 21.8. The Labute approximate surface area is 194 Å². The summed E-state index contributed by atoms with van der Waals surface area (Å²) in [4.78, 5) is 13.6. The van der Waals surface area contributed by atoms with E-state index in [1.165, 1.54) is 12.8 Å². The highest BCUT2D eigenvalue weighted by Gasteiger charge is 2.49. The van der Waals surface area contributed by atoms with E-state index >= 15 is 0 Å². The van der Waals surface area contributed by atoms with Crippen LogP contribution in [0.3, 0.4) is 0 Å². The van der Waals surface area contributed by atoms with Crippen LogP contribution in [0.4, 0.5) is 0 Å². The van der Waals surface area contributed by atoms with E-state index in [0.717, 1.165) is 41.3 Å². The fraction of sp³-hybridized carbons (Fsp3) is 0.444. The van der Waals surface area contributed by atoms with Gasteiger partial charge in [0.2, 0.25) is 5.79 Å². The summed E-state index contributed by atoms with van der Waals surface area (Å²) in [5.74, 6) is 1.14. The zero-order valence-corrected chi connectivity index (χ0v) is 19.8. The van der Waals surface area contributed by atoms with E-state index in [4.69, 9.17) is 18.9 Å². The molecular weight excluding hydrogens is 418 g/mol. The van der Waals surface area contributed by atoms with Gasteiger partial charge in [0.1, 0.15) is 11.9 Å². The van der Waals surface area contributed by atoms with Crippen molar-refractivity contribution in [2.24, 2.45) is 7.05 Å². The second-order valence-electron chi connectivity index (χ2n) is 9.03. The molecule has 2 bridgehead atoms. The lowest BCUT2D eigenvalue weighted by Crippen LogP contribution is -2.50. The number of para-hydroxylation sites is 1. The molecule has 3 heterocycles. The summed E-state index contributed by atoms with van der Waals surface area (Å²) in [6, 6.07) is 11.9. The number of fused-ring (bicyclic) bond motifs is 8. The average molecular weight is 450 g/mol. The summed E-state index contributed by atoms with van der Waals surface area (Å²) in [5.41, 5.74) is 3.31. The van der Waals surface area contributed by atoms with Crippen LogP contribution in [0.2, 0.25) is 0 Å². The summed E-state index contributed by atoms with van der Waals surface area (Å²) in [6.07, 6.45) is 5.31. The van der Waals surface area contributed by atoms with E-state index < -0.39 is 11.9 Å². The molecule has 0 amide bonds. The van der Waals surface area contributed by atoms with Gasteiger partial charge in [-0.15, -0.1) is 0 Å². The molecular formula is C27H31NO5. The number of benzene rings is 2. The molecule has 2 atom stereocenters. The van der Waals surface area contributed by atoms with Crippen molar-refractivity contribution in [3.63, 3.8) is 0 Å². The number of hydrogen-bond acceptors (Lipinski definition) is 5. The van der Waals surface area contributed by atoms with E-state index in [1.807, 2.05) is 36.4 Å². The van der Waals surface area contributed by atoms with E-state index in [2.05, 4.69) is 6.92 Å². The molecule has 2 aromatic carbocycles. The molecule has 2 aliphatic rings. The van der Waals surface area contributed by atoms with Gasteiger partial charge in [0.05, 0.1) is 25.3 Å². The molecule has 0 fully saturated rings. The Hall–Kier alpha value is -2.99. The monoisotopic (exact) mass is 449 g/mol. The maximum absolute atomic E-state index is 13.6. The molecule has 0 radical (unpaired) electrons. The fourth-order valence-corrected chi connectivity index (χ4v) is 5.26. The van der Waals surface area contributed by atoms with E-state index in [1.54, 1.807) is 25.8 Å². The molecule has 1 aromatic heterocycles. The summed E-state index contributed by atoms with van der Waals surface area (Å²) in [7, 11) is 5.06. The second kappa shape index (κ2) is 8.41. The van der Waals surface area contributed by atoms with Gasteiger partial charge in [0, 0.05) is 25.3 Å². The number of rotatable bonds is 7. The largest absolute Gasteiger partial charge is 0.493 e. The number of unbranched alkanes of at least 4 members (excludes halogenated alkanes) is 3. The number of methoxy groups -OCH3 is 2. The van der Waals surface area contributed by atoms with Crippen LogP contribution in [0, 0.1) is 0 Å². The van der Waals surface area contributed by atoms with Crippen molar-refractivity contribution in [2.75, 3.05) is 14.2 Å². The Morgan fingerprint density at radius 1 is 1.09 bits per heavy atom. The summed E-state index contributed by atoms with van der Waals surface area (Å²) in [5, 5.41) is 0.935. The van der Waals surface area contributed by atoms with Gasteiger partial charge < -0.3 is 23.5 Å². The minimum absolute atomic E-state index is 0.101. The maximum Gasteiger partial charge on any atom is 0.260 e. The number of pyridine rings is 1. The lowest BCUT2D eigenvalue weighted by atomic mass is 9.84. The molecule has 174 valence electrons. The predicted molar refractivity (Wildman–Crippen MR) is 127 cm³/mol. The van der Waals surface area contributed by atoms with Gasteiger partial charge >= 0.3 is 0 Å². The molecule has 3 aromatic rings. The number of aromatic nitrogens is 1. The van der Waals surface area contributed by atoms with Crippen LogP contribution in [0.15, 0.2) is 41.2 Å². The van der Waals surface area contributed by atoms with Crippen molar-refractivity contribution in [2.45, 2.75) is 57.3 Å². The van der Waals surface area contributed by atoms with Gasteiger partial charge in [-0.3, -0.25) is 4.79 Å². The normalized spacial score (nSPS) is 20.7. The first-order valence-corrected chi connectivity index (χ1v) is 11.7. The Morgan fingerprint density at radius 2 is 1.85 bits per heavy atom. The maximum atomic E-state index is 13.6. The molecule has 0 aliphatic carbocycles. The van der Waals surface area contributed by atoms with Crippen molar-refractivity contribution in [3.05, 3.63) is 63.4 Å². The van der Waals surface area contributed by atoms with E-state index in [9.17, 15) is 4.79 Å². The third kappa shape index (κ3) is 3.48. The average Bonchev–Trinajstić information content (AvgIpc) is 2.84. The zero-order valence-electron chi connectivity index (χ0n) is 19.8. The van der Waals surface area contributed by atoms with E-state index in [-0.39, 0.29) is 5.56 Å². The molecule has 0 spiro atoms. The van der Waals surface area contributed by atoms with Crippen molar-refractivity contribution < 1.29 is 18.9 Å². The van der Waals surface area contributed by atoms with Gasteiger partial charge in [-0.1, -0.05) is 38.3 Å². The van der Waals surface area contributed by atoms with Crippen LogP contribution in [0.1, 0.15) is 61.8 Å². The number of nitrogens with zero attached hydrogens (tertiary/aromatic N) is 1. The molecule has 2 aliphatic heterocycles. The highest BCUT2D eigenvalue weighted by molar-refractivity contribution is 5.87. The van der Waals surface area contributed by atoms with Crippen LogP contribution in [0.25, 0.3) is 10.9 Å². The lowest BCUT2D eigenvalue weighted by Gasteiger charge is -2.47. The smallest absolute Gasteiger partial charge is 0.260 e. The second-order valence-corrected chi connectivity index (χ2v) is 9.03. The number of hydrogen-bond donors (Lipinski definition) is 0. The lowest BCUT2D eigenvalue weighted by molar-refractivity contribution is -0.232. The third-order valence-electron chi connectivity index (χ3n) is 6.97. The fourth-order valence-electron chi connectivity index (χ4n) is 5.26. The van der Waals surface area contributed by atoms with Gasteiger partial charge in [0.25, 0.3) is 5.56 Å². The number of aryl methyl sites for hydroxylation is 1. The van der Waals surface area contributed by atoms with Crippen molar-refractivity contribution >= 4 is 10.9 Å². The van der Waals surface area contributed by atoms with Crippen molar-refractivity contribution in [1.82, 2.24) is 4.57 Å². The molecule has 33 heavy (non-hydrogen) atoms. The Kier molecular flexibility index (Phi) is 5.57. The van der Waals surface area contributed by atoms with Gasteiger partial charge in [-0.05, 0) is 41.8 Å². The summed E-state index contributed by atoms with van der Waals surface area (Å²) < 4.78 is 26.2. The van der Waals surface area contributed by atoms with Crippen LogP contribution in [-0.4, -0.2) is 24.6 Å². The number of ether oxygens (including phenoxy) is 4. The van der Waals surface area contributed by atoms with Gasteiger partial charge in [-0.2, -0.15) is 0 Å². The predicted octanol–water partition coefficient (Wildman–Crippen LogP) is 5.28. The molecule has 6 heteroatoms. The minimum Gasteiger partial charge on any atom is -0.493 e. The standard InChI is InChI=1S/C27H31NO5/c1-5-6-7-10-13-27-16-17-14-21(30-3)22(31-4)15-19(17)25(33-27)23-24(32-27)18-11-8-9-12-20(18)28(2)26(23)29/h8-9,11-12,14-15,25H,5-7,10,13,16H2,1-4H3. The summed E-state index contributed by atoms with van der Waals surface area (Å²) >= 11 is 0. The quantitative estimate of drug-likeness (QED) is 0.460. The van der Waals surface area contributed by atoms with Crippen LogP contribution < -0.4 is 19.8 Å². The Balaban J connectivity index is 1.73. The van der Waals surface area contributed by atoms with Crippen LogP contribution in [0.5, 0.6) is 17.2 Å². The molecule has 0 N–H and O–H groups in total. The molecule has 0 saturated carbocycles. The first-order valence-electron chi connectivity index (χ1n) is 11.7. The highest BCUT2D eigenvalue weighted by atomic mass is 16.7. The summed E-state index contributed by atoms with van der Waals surface area (Å²) in [6.45, 7) is 2.20. The minimum atomic E-state index is -0.812. The highest BCUT2D eigenvalue weighted by Crippen LogP contribution is 2.52. The van der Waals surface area contributed by atoms with Crippen molar-refractivity contribution in [1.29, 1.82) is 0 Å². The molecule has 5 rings (SSSR count). The van der Waals surface area contributed by atoms with Gasteiger partial charge in [0.15, 0.2) is 11.5 Å². The van der Waals surface area contributed by atoms with Crippen molar-refractivity contribution in [3.8, 4) is 17.2 Å². The van der Waals surface area contributed by atoms with Crippen LogP contribution in [-0.2, 0) is 18.2 Å². The molecule has 6 nitrogen and oxygen atoms in total. The SMILES string of the molecule is CCCCCCC12Cc3cc(OC)c(OC)cc3C(O1)c1c(c3ccccc3n(C)c1=O)O2. The zero-order chi connectivity index (χ0) is 23.2. The third-order valence-corrected chi connectivity index (χ3v) is 6.97.